The van der Waals surface area contributed by atoms with E-state index in [1.165, 1.54) is 50.1 Å². The van der Waals surface area contributed by atoms with E-state index in [2.05, 4.69) is 201 Å². The van der Waals surface area contributed by atoms with Gasteiger partial charge in [-0.25, -0.2) is 0 Å². The molecule has 1 spiro atoms. The summed E-state index contributed by atoms with van der Waals surface area (Å²) in [5, 5.41) is 2.75. The molecule has 8 aromatic carbocycles. The molecule has 0 aliphatic heterocycles. The zero-order valence-corrected chi connectivity index (χ0v) is 31.6. The zero-order chi connectivity index (χ0) is 37.1. The molecule has 0 amide bonds. The molecule has 2 aliphatic carbocycles. The van der Waals surface area contributed by atoms with Gasteiger partial charge in [0.25, 0.3) is 0 Å². The van der Waals surface area contributed by atoms with Crippen LogP contribution in [0.1, 0.15) is 47.2 Å². The maximum absolute atomic E-state index is 5.35. The highest BCUT2D eigenvalue weighted by molar-refractivity contribution is 7.78. The highest BCUT2D eigenvalue weighted by Gasteiger charge is 2.53. The summed E-state index contributed by atoms with van der Waals surface area (Å²) >= 11 is 5.35. The average molecular weight is 720 g/mol. The molecule has 260 valence electrons. The van der Waals surface area contributed by atoms with Gasteiger partial charge in [0.2, 0.25) is 0 Å². The average Bonchev–Trinajstić information content (AvgIpc) is 3.55. The molecule has 0 atom stereocenters. The smallest absolute Gasteiger partial charge is 0.0896 e. The van der Waals surface area contributed by atoms with E-state index in [9.17, 15) is 0 Å². The Labute approximate surface area is 328 Å². The van der Waals surface area contributed by atoms with Crippen LogP contribution in [0.4, 0.5) is 5.69 Å². The minimum absolute atomic E-state index is 0.154. The minimum Gasteiger partial charge on any atom is -0.193 e. The predicted molar refractivity (Wildman–Crippen MR) is 232 cm³/mol. The van der Waals surface area contributed by atoms with Crippen molar-refractivity contribution in [3.8, 4) is 55.6 Å². The van der Waals surface area contributed by atoms with E-state index in [0.29, 0.717) is 0 Å². The van der Waals surface area contributed by atoms with Crippen LogP contribution in [0.25, 0.3) is 55.6 Å². The number of nitrogens with zero attached hydrogens (tertiary/aromatic N) is 1. The van der Waals surface area contributed by atoms with Crippen LogP contribution >= 0.6 is 12.2 Å². The molecule has 0 heterocycles. The van der Waals surface area contributed by atoms with Crippen molar-refractivity contribution in [2.75, 3.05) is 0 Å². The van der Waals surface area contributed by atoms with Crippen molar-refractivity contribution in [3.63, 3.8) is 0 Å². The molecular formula is C53H37NS. The van der Waals surface area contributed by atoms with Crippen molar-refractivity contribution in [1.29, 1.82) is 0 Å². The van der Waals surface area contributed by atoms with Crippen molar-refractivity contribution >= 4 is 23.1 Å². The predicted octanol–water partition coefficient (Wildman–Crippen LogP) is 14.1. The minimum atomic E-state index is -0.472. The van der Waals surface area contributed by atoms with Gasteiger partial charge in [-0.1, -0.05) is 190 Å². The number of aliphatic imine (C=N–C) groups is 1. The Balaban J connectivity index is 1.29. The van der Waals surface area contributed by atoms with Crippen molar-refractivity contribution < 1.29 is 0 Å². The maximum atomic E-state index is 5.35. The first-order valence-electron chi connectivity index (χ1n) is 18.9. The lowest BCUT2D eigenvalue weighted by molar-refractivity contribution is 0.563. The molecule has 1 nitrogen and oxygen atoms in total. The number of rotatable bonds is 5. The largest absolute Gasteiger partial charge is 0.193 e. The van der Waals surface area contributed by atoms with Gasteiger partial charge in [-0.3, -0.25) is 0 Å². The summed E-state index contributed by atoms with van der Waals surface area (Å²) in [5.41, 5.74) is 19.7. The van der Waals surface area contributed by atoms with Gasteiger partial charge in [0.15, 0.2) is 0 Å². The van der Waals surface area contributed by atoms with Gasteiger partial charge < -0.3 is 0 Å². The topological polar surface area (TPSA) is 12.4 Å². The molecule has 0 saturated carbocycles. The van der Waals surface area contributed by atoms with Gasteiger partial charge in [-0.2, -0.15) is 4.99 Å². The van der Waals surface area contributed by atoms with E-state index in [1.54, 1.807) is 0 Å². The molecule has 0 saturated heterocycles. The summed E-state index contributed by atoms with van der Waals surface area (Å²) in [6.45, 7) is 4.75. The fraction of sp³-hybridized carbons (Fsp3) is 0.0755. The number of fused-ring (bicyclic) bond motifs is 9. The standard InChI is InChI=1S/C53H37NS/c1-52(2)45-27-13-15-29-47(45)53(48-30-16-14-28-46(48)52)44-26-12-11-24-41(44)50-40(25-17-31-49(50)53)38-22-9-10-23-39(38)43-33-37(35-18-5-3-6-19-35)32-42(51(43)54-34-55)36-20-7-4-8-21-36/h3-33H,1-2H3. The molecule has 0 bridgehead atoms. The van der Waals surface area contributed by atoms with Crippen molar-refractivity contribution in [1.82, 2.24) is 0 Å². The molecule has 0 N–H and O–H groups in total. The molecule has 0 aromatic heterocycles. The second-order valence-electron chi connectivity index (χ2n) is 15.1. The van der Waals surface area contributed by atoms with E-state index >= 15 is 0 Å². The lowest BCUT2D eigenvalue weighted by Crippen LogP contribution is -2.40. The first-order valence-corrected chi connectivity index (χ1v) is 19.3. The Morgan fingerprint density at radius 2 is 0.836 bits per heavy atom. The van der Waals surface area contributed by atoms with Gasteiger partial charge in [0.05, 0.1) is 16.3 Å². The Morgan fingerprint density at radius 3 is 1.45 bits per heavy atom. The molecular weight excluding hydrogens is 683 g/mol. The summed E-state index contributed by atoms with van der Waals surface area (Å²) in [5.74, 6) is 0. The molecule has 10 rings (SSSR count). The van der Waals surface area contributed by atoms with Crippen LogP contribution in [0.15, 0.2) is 193 Å². The number of isothiocyanates is 1. The summed E-state index contributed by atoms with van der Waals surface area (Å²) < 4.78 is 0. The highest BCUT2D eigenvalue weighted by atomic mass is 32.1. The third-order valence-corrected chi connectivity index (χ3v) is 12.1. The first kappa shape index (κ1) is 33.2. The van der Waals surface area contributed by atoms with Crippen LogP contribution in [0, 0.1) is 0 Å². The molecule has 8 aromatic rings. The SMILES string of the molecule is CC1(C)c2ccccc2C2(c3ccccc3-c3c(-c4ccccc4-c4cc(-c5ccccc5)cc(-c5ccccc5)c4N=C=S)cccc32)c2ccccc21. The quantitative estimate of drug-likeness (QED) is 0.127. The van der Waals surface area contributed by atoms with Gasteiger partial charge >= 0.3 is 0 Å². The van der Waals surface area contributed by atoms with Gasteiger partial charge in [-0.15, -0.1) is 0 Å². The van der Waals surface area contributed by atoms with Gasteiger partial charge in [0, 0.05) is 16.5 Å². The van der Waals surface area contributed by atoms with Crippen LogP contribution in [0.5, 0.6) is 0 Å². The van der Waals surface area contributed by atoms with Gasteiger partial charge in [0.1, 0.15) is 0 Å². The second kappa shape index (κ2) is 12.9. The fourth-order valence-corrected chi connectivity index (χ4v) is 9.82. The molecule has 2 aliphatic rings. The van der Waals surface area contributed by atoms with E-state index in [0.717, 1.165) is 44.6 Å². The van der Waals surface area contributed by atoms with E-state index in [4.69, 9.17) is 17.2 Å². The Hall–Kier alpha value is -6.44. The van der Waals surface area contributed by atoms with Crippen LogP contribution in [0.2, 0.25) is 0 Å². The van der Waals surface area contributed by atoms with E-state index in [-0.39, 0.29) is 5.41 Å². The number of hydrogen-bond acceptors (Lipinski definition) is 2. The number of thiocarbonyl (C=S) groups is 1. The Bertz CT molecular complexity index is 2790. The molecule has 0 fully saturated rings. The summed E-state index contributed by atoms with van der Waals surface area (Å²) in [7, 11) is 0. The van der Waals surface area contributed by atoms with Crippen molar-refractivity contribution in [2.24, 2.45) is 4.99 Å². The maximum Gasteiger partial charge on any atom is 0.0896 e. The van der Waals surface area contributed by atoms with E-state index in [1.807, 2.05) is 6.07 Å². The lowest BCUT2D eigenvalue weighted by atomic mass is 9.55. The highest BCUT2D eigenvalue weighted by Crippen LogP contribution is 2.63. The number of hydrogen-bond donors (Lipinski definition) is 0. The van der Waals surface area contributed by atoms with Crippen molar-refractivity contribution in [3.05, 3.63) is 221 Å². The van der Waals surface area contributed by atoms with E-state index < -0.39 is 5.41 Å². The molecule has 0 radical (unpaired) electrons. The van der Waals surface area contributed by atoms with Crippen molar-refractivity contribution in [2.45, 2.75) is 24.7 Å². The van der Waals surface area contributed by atoms with Crippen LogP contribution in [-0.2, 0) is 10.8 Å². The monoisotopic (exact) mass is 719 g/mol. The lowest BCUT2D eigenvalue weighted by Gasteiger charge is -2.46. The van der Waals surface area contributed by atoms with Gasteiger partial charge in [-0.05, 0) is 102 Å². The van der Waals surface area contributed by atoms with Crippen LogP contribution in [0.3, 0.4) is 0 Å². The summed E-state index contributed by atoms with van der Waals surface area (Å²) in [6.07, 6.45) is 0. The van der Waals surface area contributed by atoms with Crippen LogP contribution in [-0.4, -0.2) is 5.16 Å². The summed E-state index contributed by atoms with van der Waals surface area (Å²) in [6, 6.07) is 68.7. The molecule has 55 heavy (non-hydrogen) atoms. The fourth-order valence-electron chi connectivity index (χ4n) is 9.73. The molecule has 2 heteroatoms. The third kappa shape index (κ3) is 4.86. The summed E-state index contributed by atoms with van der Waals surface area (Å²) in [4.78, 5) is 4.83. The van der Waals surface area contributed by atoms with Crippen LogP contribution < -0.4 is 0 Å². The Morgan fingerprint density at radius 1 is 0.382 bits per heavy atom. The Kier molecular flexibility index (Phi) is 7.75. The molecule has 0 unspecified atom stereocenters. The number of benzene rings is 8. The first-order chi connectivity index (χ1) is 27.0. The third-order valence-electron chi connectivity index (χ3n) is 12.0. The second-order valence-corrected chi connectivity index (χ2v) is 15.3. The normalized spacial score (nSPS) is 13.9. The zero-order valence-electron chi connectivity index (χ0n) is 30.8.